The number of nitrogens with zero attached hydrogens (tertiary/aromatic N) is 3. The van der Waals surface area contributed by atoms with Crippen LogP contribution in [0.15, 0.2) is 82.2 Å². The fourth-order valence-corrected chi connectivity index (χ4v) is 6.13. The van der Waals surface area contributed by atoms with E-state index in [4.69, 9.17) is 9.97 Å². The number of rotatable bonds is 3. The van der Waals surface area contributed by atoms with Gasteiger partial charge in [-0.2, -0.15) is 4.31 Å². The van der Waals surface area contributed by atoms with Crippen LogP contribution < -0.4 is 0 Å². The number of fused-ring (bicyclic) bond motifs is 2. The molecule has 1 aliphatic rings. The summed E-state index contributed by atoms with van der Waals surface area (Å²) in [4.78, 5) is 9.86. The Labute approximate surface area is 190 Å². The first kappa shape index (κ1) is 20.3. The van der Waals surface area contributed by atoms with Crippen molar-refractivity contribution in [1.29, 1.82) is 0 Å². The van der Waals surface area contributed by atoms with Crippen LogP contribution in [0.1, 0.15) is 28.6 Å². The number of hydrogen-bond donors (Lipinski definition) is 0. The highest BCUT2D eigenvalue weighted by Crippen LogP contribution is 2.39. The molecule has 0 fully saturated rings. The summed E-state index contributed by atoms with van der Waals surface area (Å²) in [5.41, 5.74) is 5.07. The standard InChI is InChI=1S/C24H20BrN3O2S/c1-16-10-12-17(13-11-16)31(29,30)28-15-23-22(26-20-8-4-5-9-21(20)27-23)14-24(28)18-6-2-3-7-19(18)25/h2-13,24H,14-15H2,1H3. The van der Waals surface area contributed by atoms with Gasteiger partial charge in [-0.1, -0.05) is 64.0 Å². The Kier molecular flexibility index (Phi) is 5.12. The molecule has 5 rings (SSSR count). The van der Waals surface area contributed by atoms with Gasteiger partial charge in [0.25, 0.3) is 0 Å². The van der Waals surface area contributed by atoms with E-state index in [9.17, 15) is 8.42 Å². The molecular formula is C24H20BrN3O2S. The molecule has 0 aliphatic carbocycles. The molecule has 5 nitrogen and oxygen atoms in total. The molecule has 0 bridgehead atoms. The fourth-order valence-electron chi connectivity index (χ4n) is 4.01. The minimum Gasteiger partial charge on any atom is -0.249 e. The number of aromatic nitrogens is 2. The van der Waals surface area contributed by atoms with Crippen LogP contribution in [-0.2, 0) is 23.0 Å². The summed E-state index contributed by atoms with van der Waals surface area (Å²) in [6, 6.07) is 22.1. The molecule has 1 unspecified atom stereocenters. The summed E-state index contributed by atoms with van der Waals surface area (Å²) < 4.78 is 29.9. The van der Waals surface area contributed by atoms with E-state index in [1.54, 1.807) is 16.4 Å². The predicted octanol–water partition coefficient (Wildman–Crippen LogP) is 5.19. The molecule has 0 N–H and O–H groups in total. The van der Waals surface area contributed by atoms with Crippen LogP contribution in [-0.4, -0.2) is 22.7 Å². The van der Waals surface area contributed by atoms with E-state index in [2.05, 4.69) is 15.9 Å². The maximum Gasteiger partial charge on any atom is 0.244 e. The van der Waals surface area contributed by atoms with Gasteiger partial charge in [-0.25, -0.2) is 18.4 Å². The molecule has 0 radical (unpaired) electrons. The number of halogens is 1. The molecular weight excluding hydrogens is 474 g/mol. The van der Waals surface area contributed by atoms with Crippen molar-refractivity contribution in [2.45, 2.75) is 30.8 Å². The van der Waals surface area contributed by atoms with E-state index in [0.29, 0.717) is 12.1 Å². The molecule has 0 amide bonds. The Balaban J connectivity index is 1.67. The van der Waals surface area contributed by atoms with E-state index in [-0.39, 0.29) is 17.5 Å². The lowest BCUT2D eigenvalue weighted by atomic mass is 9.97. The summed E-state index contributed by atoms with van der Waals surface area (Å²) in [6.07, 6.45) is 0.459. The zero-order chi connectivity index (χ0) is 21.6. The van der Waals surface area contributed by atoms with Crippen LogP contribution in [0.25, 0.3) is 11.0 Å². The van der Waals surface area contributed by atoms with E-state index in [1.165, 1.54) is 0 Å². The van der Waals surface area contributed by atoms with E-state index in [1.807, 2.05) is 67.6 Å². The van der Waals surface area contributed by atoms with Gasteiger partial charge in [0.15, 0.2) is 0 Å². The minimum atomic E-state index is -3.74. The third-order valence-corrected chi connectivity index (χ3v) is 8.25. The van der Waals surface area contributed by atoms with Crippen molar-refractivity contribution in [3.63, 3.8) is 0 Å². The van der Waals surface area contributed by atoms with E-state index >= 15 is 0 Å². The fraction of sp³-hybridized carbons (Fsp3) is 0.167. The highest BCUT2D eigenvalue weighted by Gasteiger charge is 2.38. The molecule has 0 saturated heterocycles. The van der Waals surface area contributed by atoms with Gasteiger partial charge in [0.1, 0.15) is 0 Å². The highest BCUT2D eigenvalue weighted by atomic mass is 79.9. The summed E-state index contributed by atoms with van der Waals surface area (Å²) in [6.45, 7) is 2.12. The van der Waals surface area contributed by atoms with E-state index in [0.717, 1.165) is 32.3 Å². The zero-order valence-electron chi connectivity index (χ0n) is 16.9. The maximum absolute atomic E-state index is 13.7. The van der Waals surface area contributed by atoms with Crippen molar-refractivity contribution in [1.82, 2.24) is 14.3 Å². The van der Waals surface area contributed by atoms with Crippen LogP contribution in [0.3, 0.4) is 0 Å². The molecule has 4 aromatic rings. The molecule has 0 saturated carbocycles. The Hall–Kier alpha value is -2.61. The van der Waals surface area contributed by atoms with Gasteiger partial charge in [-0.15, -0.1) is 0 Å². The van der Waals surface area contributed by atoms with Gasteiger partial charge in [-0.3, -0.25) is 0 Å². The quantitative estimate of drug-likeness (QED) is 0.393. The molecule has 2 heterocycles. The lowest BCUT2D eigenvalue weighted by Gasteiger charge is -2.35. The first-order chi connectivity index (χ1) is 14.9. The molecule has 3 aromatic carbocycles. The number of sulfonamides is 1. The van der Waals surface area contributed by atoms with Crippen molar-refractivity contribution in [2.75, 3.05) is 0 Å². The molecule has 7 heteroatoms. The molecule has 31 heavy (non-hydrogen) atoms. The van der Waals surface area contributed by atoms with Crippen LogP contribution in [0.4, 0.5) is 0 Å². The minimum absolute atomic E-state index is 0.176. The average Bonchev–Trinajstić information content (AvgIpc) is 2.77. The Bertz CT molecular complexity index is 1390. The average molecular weight is 494 g/mol. The van der Waals surface area contributed by atoms with Crippen LogP contribution in [0.5, 0.6) is 0 Å². The van der Waals surface area contributed by atoms with Crippen LogP contribution in [0.2, 0.25) is 0 Å². The Morgan fingerprint density at radius 1 is 0.871 bits per heavy atom. The molecule has 156 valence electrons. The third-order valence-electron chi connectivity index (χ3n) is 5.66. The van der Waals surface area contributed by atoms with Crippen molar-refractivity contribution in [2.24, 2.45) is 0 Å². The summed E-state index contributed by atoms with van der Waals surface area (Å²) in [7, 11) is -3.74. The van der Waals surface area contributed by atoms with Crippen molar-refractivity contribution in [3.8, 4) is 0 Å². The second-order valence-corrected chi connectivity index (χ2v) is 10.5. The first-order valence-corrected chi connectivity index (χ1v) is 12.2. The highest BCUT2D eigenvalue weighted by molar-refractivity contribution is 9.10. The lowest BCUT2D eigenvalue weighted by molar-refractivity contribution is 0.288. The number of aryl methyl sites for hydroxylation is 1. The van der Waals surface area contributed by atoms with Crippen molar-refractivity contribution < 1.29 is 8.42 Å². The van der Waals surface area contributed by atoms with Crippen LogP contribution in [0, 0.1) is 6.92 Å². The van der Waals surface area contributed by atoms with Crippen molar-refractivity contribution in [3.05, 3.63) is 99.8 Å². The second-order valence-electron chi connectivity index (χ2n) is 7.71. The Morgan fingerprint density at radius 3 is 2.16 bits per heavy atom. The lowest BCUT2D eigenvalue weighted by Crippen LogP contribution is -2.39. The summed E-state index contributed by atoms with van der Waals surface area (Å²) in [5.74, 6) is 0. The second kappa shape index (κ2) is 7.82. The molecule has 1 aliphatic heterocycles. The molecule has 1 aromatic heterocycles. The molecule has 1 atom stereocenters. The normalized spacial score (nSPS) is 16.9. The van der Waals surface area contributed by atoms with Gasteiger partial charge in [-0.05, 0) is 42.8 Å². The predicted molar refractivity (Wildman–Crippen MR) is 124 cm³/mol. The monoisotopic (exact) mass is 493 g/mol. The summed E-state index contributed by atoms with van der Waals surface area (Å²) in [5, 5.41) is 0. The SMILES string of the molecule is Cc1ccc(S(=O)(=O)N2Cc3nc4ccccc4nc3CC2c2ccccc2Br)cc1. The number of hydrogen-bond acceptors (Lipinski definition) is 4. The summed E-state index contributed by atoms with van der Waals surface area (Å²) >= 11 is 3.61. The third kappa shape index (κ3) is 3.67. The smallest absolute Gasteiger partial charge is 0.244 e. The van der Waals surface area contributed by atoms with Gasteiger partial charge >= 0.3 is 0 Å². The number of benzene rings is 3. The van der Waals surface area contributed by atoms with Crippen LogP contribution >= 0.6 is 15.9 Å². The van der Waals surface area contributed by atoms with Gasteiger partial charge in [0, 0.05) is 10.9 Å². The number of para-hydroxylation sites is 2. The van der Waals surface area contributed by atoms with Gasteiger partial charge in [0.05, 0.1) is 39.9 Å². The van der Waals surface area contributed by atoms with Gasteiger partial charge in [0.2, 0.25) is 10.0 Å². The topological polar surface area (TPSA) is 63.2 Å². The zero-order valence-corrected chi connectivity index (χ0v) is 19.3. The van der Waals surface area contributed by atoms with E-state index < -0.39 is 10.0 Å². The van der Waals surface area contributed by atoms with Gasteiger partial charge < -0.3 is 0 Å². The maximum atomic E-state index is 13.7. The Morgan fingerprint density at radius 2 is 1.48 bits per heavy atom. The van der Waals surface area contributed by atoms with Crippen molar-refractivity contribution >= 4 is 37.0 Å². The largest absolute Gasteiger partial charge is 0.249 e. The first-order valence-electron chi connectivity index (χ1n) is 10.0. The molecule has 0 spiro atoms.